The molecular formula is C12H30O2Si2. The minimum absolute atomic E-state index is 0.364. The van der Waals surface area contributed by atoms with Crippen LogP contribution in [0.5, 0.6) is 0 Å². The Hall–Kier alpha value is 0.354. The third-order valence-corrected chi connectivity index (χ3v) is 8.08. The van der Waals surface area contributed by atoms with E-state index >= 15 is 0 Å². The predicted molar refractivity (Wildman–Crippen MR) is 77.0 cm³/mol. The summed E-state index contributed by atoms with van der Waals surface area (Å²) in [6, 6.07) is 2.47. The van der Waals surface area contributed by atoms with Crippen molar-refractivity contribution in [2.75, 3.05) is 6.61 Å². The normalized spacial score (nSPS) is 13.5. The quantitative estimate of drug-likeness (QED) is 0.609. The first-order valence-electron chi connectivity index (χ1n) is 6.50. The fraction of sp³-hybridized carbons (Fsp3) is 1.00. The van der Waals surface area contributed by atoms with Gasteiger partial charge in [-0.05, 0) is 58.5 Å². The zero-order valence-corrected chi connectivity index (χ0v) is 14.2. The summed E-state index contributed by atoms with van der Waals surface area (Å²) in [6.07, 6.45) is 1.49. The first-order chi connectivity index (χ1) is 7.18. The van der Waals surface area contributed by atoms with Crippen molar-refractivity contribution in [3.63, 3.8) is 0 Å². The lowest BCUT2D eigenvalue weighted by Crippen LogP contribution is -2.38. The van der Waals surface area contributed by atoms with E-state index in [-0.39, 0.29) is 0 Å². The zero-order valence-electron chi connectivity index (χ0n) is 12.2. The SMILES string of the molecule is CCCO[Si](C)(C)CC[Si](C)(C)OC(C)C. The van der Waals surface area contributed by atoms with Crippen LogP contribution in [0.1, 0.15) is 27.2 Å². The molecule has 0 aliphatic carbocycles. The summed E-state index contributed by atoms with van der Waals surface area (Å²) in [6.45, 7) is 16.6. The predicted octanol–water partition coefficient (Wildman–Crippen LogP) is 4.25. The van der Waals surface area contributed by atoms with Crippen LogP contribution in [-0.4, -0.2) is 29.3 Å². The first kappa shape index (κ1) is 16.4. The minimum atomic E-state index is -1.46. The van der Waals surface area contributed by atoms with E-state index in [0.29, 0.717) is 6.10 Å². The van der Waals surface area contributed by atoms with E-state index in [9.17, 15) is 0 Å². The van der Waals surface area contributed by atoms with Gasteiger partial charge in [-0.1, -0.05) is 6.92 Å². The molecule has 0 aliphatic heterocycles. The van der Waals surface area contributed by atoms with Gasteiger partial charge in [-0.3, -0.25) is 0 Å². The Bertz CT molecular complexity index is 191. The standard InChI is InChI=1S/C12H30O2Si2/c1-8-9-13-15(4,5)10-11-16(6,7)14-12(2)3/h12H,8-11H2,1-7H3. The van der Waals surface area contributed by atoms with Crippen molar-refractivity contribution in [2.24, 2.45) is 0 Å². The summed E-state index contributed by atoms with van der Waals surface area (Å²) in [4.78, 5) is 0. The molecular weight excluding hydrogens is 232 g/mol. The van der Waals surface area contributed by atoms with Crippen molar-refractivity contribution in [1.29, 1.82) is 0 Å². The second-order valence-electron chi connectivity index (χ2n) is 6.03. The summed E-state index contributed by atoms with van der Waals surface area (Å²) in [5.41, 5.74) is 0. The summed E-state index contributed by atoms with van der Waals surface area (Å²) in [7, 11) is -2.89. The Morgan fingerprint density at radius 1 is 0.938 bits per heavy atom. The van der Waals surface area contributed by atoms with Crippen LogP contribution < -0.4 is 0 Å². The van der Waals surface area contributed by atoms with E-state index in [1.54, 1.807) is 0 Å². The summed E-state index contributed by atoms with van der Waals surface area (Å²) < 4.78 is 12.0. The average molecular weight is 263 g/mol. The maximum Gasteiger partial charge on any atom is 0.186 e. The zero-order chi connectivity index (χ0) is 12.8. The number of hydrogen-bond donors (Lipinski definition) is 0. The van der Waals surface area contributed by atoms with E-state index in [2.05, 4.69) is 47.0 Å². The van der Waals surface area contributed by atoms with Gasteiger partial charge in [-0.2, -0.15) is 0 Å². The lowest BCUT2D eigenvalue weighted by molar-refractivity contribution is 0.231. The largest absolute Gasteiger partial charge is 0.417 e. The molecule has 0 heterocycles. The molecule has 0 aromatic rings. The number of hydrogen-bond acceptors (Lipinski definition) is 2. The van der Waals surface area contributed by atoms with Gasteiger partial charge >= 0.3 is 0 Å². The number of rotatable bonds is 8. The van der Waals surface area contributed by atoms with Gasteiger partial charge < -0.3 is 8.85 Å². The van der Waals surface area contributed by atoms with Crippen molar-refractivity contribution in [1.82, 2.24) is 0 Å². The van der Waals surface area contributed by atoms with Gasteiger partial charge in [0.15, 0.2) is 16.6 Å². The average Bonchev–Trinajstić information content (AvgIpc) is 2.10. The van der Waals surface area contributed by atoms with Crippen molar-refractivity contribution in [3.05, 3.63) is 0 Å². The van der Waals surface area contributed by atoms with E-state index in [0.717, 1.165) is 13.0 Å². The molecule has 4 heteroatoms. The Balaban J connectivity index is 4.01. The molecule has 98 valence electrons. The molecule has 0 saturated carbocycles. The van der Waals surface area contributed by atoms with Gasteiger partial charge in [0.2, 0.25) is 0 Å². The van der Waals surface area contributed by atoms with Crippen LogP contribution in [-0.2, 0) is 8.85 Å². The highest BCUT2D eigenvalue weighted by atomic mass is 28.4. The van der Waals surface area contributed by atoms with Gasteiger partial charge in [-0.15, -0.1) is 0 Å². The molecule has 16 heavy (non-hydrogen) atoms. The smallest absolute Gasteiger partial charge is 0.186 e. The highest BCUT2D eigenvalue weighted by Crippen LogP contribution is 2.23. The van der Waals surface area contributed by atoms with Crippen molar-refractivity contribution in [3.8, 4) is 0 Å². The van der Waals surface area contributed by atoms with Crippen LogP contribution in [0.4, 0.5) is 0 Å². The highest BCUT2D eigenvalue weighted by molar-refractivity contribution is 6.76. The topological polar surface area (TPSA) is 18.5 Å². The fourth-order valence-electron chi connectivity index (χ4n) is 1.75. The molecule has 0 fully saturated rings. The molecule has 0 amide bonds. The van der Waals surface area contributed by atoms with Crippen molar-refractivity contribution in [2.45, 2.75) is 71.6 Å². The van der Waals surface area contributed by atoms with E-state index in [4.69, 9.17) is 8.85 Å². The third-order valence-electron chi connectivity index (χ3n) is 2.58. The molecule has 0 bridgehead atoms. The molecule has 0 aromatic heterocycles. The summed E-state index contributed by atoms with van der Waals surface area (Å²) >= 11 is 0. The molecule has 0 aliphatic rings. The molecule has 0 aromatic carbocycles. The summed E-state index contributed by atoms with van der Waals surface area (Å²) in [5, 5.41) is 0. The van der Waals surface area contributed by atoms with Gasteiger partial charge in [0.1, 0.15) is 0 Å². The Morgan fingerprint density at radius 3 is 1.88 bits per heavy atom. The lowest BCUT2D eigenvalue weighted by Gasteiger charge is -2.30. The van der Waals surface area contributed by atoms with Crippen LogP contribution in [0.2, 0.25) is 38.3 Å². The maximum atomic E-state index is 6.04. The Kier molecular flexibility index (Phi) is 7.09. The van der Waals surface area contributed by atoms with Crippen LogP contribution in [0.15, 0.2) is 0 Å². The second-order valence-corrected chi connectivity index (χ2v) is 14.6. The molecule has 0 radical (unpaired) electrons. The fourth-order valence-corrected chi connectivity index (χ4v) is 8.86. The van der Waals surface area contributed by atoms with Crippen LogP contribution in [0.3, 0.4) is 0 Å². The Labute approximate surface area is 104 Å². The molecule has 0 saturated heterocycles. The summed E-state index contributed by atoms with van der Waals surface area (Å²) in [5.74, 6) is 0. The second kappa shape index (κ2) is 6.94. The van der Waals surface area contributed by atoms with Gasteiger partial charge in [0.05, 0.1) is 0 Å². The van der Waals surface area contributed by atoms with Crippen LogP contribution >= 0.6 is 0 Å². The molecule has 0 N–H and O–H groups in total. The Morgan fingerprint density at radius 2 is 1.44 bits per heavy atom. The third kappa shape index (κ3) is 8.50. The highest BCUT2D eigenvalue weighted by Gasteiger charge is 2.30. The molecule has 0 spiro atoms. The van der Waals surface area contributed by atoms with Crippen molar-refractivity contribution >= 4 is 16.6 Å². The van der Waals surface area contributed by atoms with Crippen molar-refractivity contribution < 1.29 is 8.85 Å². The molecule has 2 nitrogen and oxygen atoms in total. The van der Waals surface area contributed by atoms with Gasteiger partial charge in [0, 0.05) is 12.7 Å². The molecule has 0 rings (SSSR count). The molecule has 0 unspecified atom stereocenters. The lowest BCUT2D eigenvalue weighted by atomic mass is 10.5. The van der Waals surface area contributed by atoms with E-state index in [1.165, 1.54) is 12.1 Å². The van der Waals surface area contributed by atoms with E-state index in [1.807, 2.05) is 0 Å². The maximum absolute atomic E-state index is 6.04. The van der Waals surface area contributed by atoms with E-state index < -0.39 is 16.6 Å². The minimum Gasteiger partial charge on any atom is -0.417 e. The van der Waals surface area contributed by atoms with Crippen LogP contribution in [0, 0.1) is 0 Å². The monoisotopic (exact) mass is 262 g/mol. The van der Waals surface area contributed by atoms with Gasteiger partial charge in [0.25, 0.3) is 0 Å². The van der Waals surface area contributed by atoms with Gasteiger partial charge in [-0.25, -0.2) is 0 Å². The molecule has 0 atom stereocenters. The first-order valence-corrected chi connectivity index (χ1v) is 12.7. The van der Waals surface area contributed by atoms with Crippen LogP contribution in [0.25, 0.3) is 0 Å².